The van der Waals surface area contributed by atoms with E-state index in [0.29, 0.717) is 18.9 Å². The lowest BCUT2D eigenvalue weighted by molar-refractivity contribution is 0.172. The minimum absolute atomic E-state index is 0. The van der Waals surface area contributed by atoms with Crippen molar-refractivity contribution in [3.63, 3.8) is 0 Å². The second-order valence-electron chi connectivity index (χ2n) is 7.58. The fourth-order valence-corrected chi connectivity index (χ4v) is 3.51. The van der Waals surface area contributed by atoms with Gasteiger partial charge < -0.3 is 14.7 Å². The van der Waals surface area contributed by atoms with Crippen LogP contribution >= 0.6 is 35.6 Å². The summed E-state index contributed by atoms with van der Waals surface area (Å²) in [6.45, 7) is 12.5. The van der Waals surface area contributed by atoms with Crippen molar-refractivity contribution in [2.75, 3.05) is 39.3 Å². The molecule has 1 saturated heterocycles. The summed E-state index contributed by atoms with van der Waals surface area (Å²) in [7, 11) is 0. The summed E-state index contributed by atoms with van der Waals surface area (Å²) in [6, 6.07) is 8.10. The highest BCUT2D eigenvalue weighted by Crippen LogP contribution is 2.14. The summed E-state index contributed by atoms with van der Waals surface area (Å²) < 4.78 is 5.31. The lowest BCUT2D eigenvalue weighted by Crippen LogP contribution is -2.52. The van der Waals surface area contributed by atoms with Crippen molar-refractivity contribution in [2.24, 2.45) is 4.99 Å². The van der Waals surface area contributed by atoms with E-state index in [1.54, 1.807) is 0 Å². The maximum absolute atomic E-state index is 6.11. The van der Waals surface area contributed by atoms with Crippen LogP contribution in [-0.4, -0.2) is 65.2 Å². The number of nitrogens with one attached hydrogen (secondary N) is 1. The molecule has 1 fully saturated rings. The average Bonchev–Trinajstić information content (AvgIpc) is 3.17. The molecule has 0 bridgehead atoms. The number of nitrogens with zero attached hydrogens (tertiary/aromatic N) is 5. The molecule has 0 aliphatic carbocycles. The first kappa shape index (κ1) is 24.9. The standard InChI is InChI=1S/C21H31ClN6O.HI/c1-4-23-21(24-9-8-19-25-20(16(2)3)26-29-19)28-12-10-27(11-13-28)15-17-6-5-7-18(22)14-17;/h5-7,14,16H,4,8-13,15H2,1-3H3,(H,23,24);1H. The Balaban J connectivity index is 0.00000320. The van der Waals surface area contributed by atoms with Gasteiger partial charge in [0.2, 0.25) is 5.89 Å². The van der Waals surface area contributed by atoms with Crippen LogP contribution in [0.15, 0.2) is 33.8 Å². The molecule has 0 spiro atoms. The molecule has 0 atom stereocenters. The van der Waals surface area contributed by atoms with Gasteiger partial charge in [0.25, 0.3) is 0 Å². The maximum Gasteiger partial charge on any atom is 0.228 e. The largest absolute Gasteiger partial charge is 0.357 e. The second kappa shape index (κ2) is 12.5. The average molecular weight is 547 g/mol. The first-order valence-corrected chi connectivity index (χ1v) is 10.8. The quantitative estimate of drug-likeness (QED) is 0.324. The number of aliphatic imine (C=N–C) groups is 1. The number of halogens is 2. The number of hydrogen-bond acceptors (Lipinski definition) is 5. The van der Waals surface area contributed by atoms with E-state index in [1.807, 2.05) is 18.2 Å². The molecule has 9 heteroatoms. The molecular formula is C21H32ClIN6O. The molecule has 0 saturated carbocycles. The Morgan fingerprint density at radius 3 is 2.67 bits per heavy atom. The van der Waals surface area contributed by atoms with E-state index in [4.69, 9.17) is 21.1 Å². The van der Waals surface area contributed by atoms with Gasteiger partial charge in [-0.25, -0.2) is 0 Å². The molecule has 0 unspecified atom stereocenters. The molecule has 0 radical (unpaired) electrons. The summed E-state index contributed by atoms with van der Waals surface area (Å²) in [4.78, 5) is 14.0. The number of aromatic nitrogens is 2. The van der Waals surface area contributed by atoms with Crippen LogP contribution in [0.3, 0.4) is 0 Å². The SMILES string of the molecule is CCNC(=NCCc1nc(C(C)C)no1)N1CCN(Cc2cccc(Cl)c2)CC1.I. The van der Waals surface area contributed by atoms with Crippen LogP contribution in [0.25, 0.3) is 0 Å². The van der Waals surface area contributed by atoms with E-state index >= 15 is 0 Å². The molecule has 166 valence electrons. The Morgan fingerprint density at radius 1 is 1.27 bits per heavy atom. The molecule has 1 aromatic carbocycles. The Labute approximate surface area is 201 Å². The third-order valence-electron chi connectivity index (χ3n) is 4.89. The minimum Gasteiger partial charge on any atom is -0.357 e. The van der Waals surface area contributed by atoms with Crippen LogP contribution in [0.5, 0.6) is 0 Å². The van der Waals surface area contributed by atoms with Gasteiger partial charge in [0.1, 0.15) is 0 Å². The lowest BCUT2D eigenvalue weighted by atomic mass is 10.2. The van der Waals surface area contributed by atoms with Gasteiger partial charge in [-0.15, -0.1) is 24.0 Å². The predicted octanol–water partition coefficient (Wildman–Crippen LogP) is 3.79. The van der Waals surface area contributed by atoms with Crippen molar-refractivity contribution in [2.45, 2.75) is 39.7 Å². The zero-order valence-corrected chi connectivity index (χ0v) is 21.1. The molecule has 0 amide bonds. The van der Waals surface area contributed by atoms with Gasteiger partial charge >= 0.3 is 0 Å². The van der Waals surface area contributed by atoms with Crippen LogP contribution in [-0.2, 0) is 13.0 Å². The molecule has 2 aromatic rings. The fourth-order valence-electron chi connectivity index (χ4n) is 3.30. The van der Waals surface area contributed by atoms with Crippen molar-refractivity contribution >= 4 is 41.5 Å². The monoisotopic (exact) mass is 546 g/mol. The van der Waals surface area contributed by atoms with Gasteiger partial charge in [0.05, 0.1) is 6.54 Å². The summed E-state index contributed by atoms with van der Waals surface area (Å²) >= 11 is 6.11. The van der Waals surface area contributed by atoms with Crippen LogP contribution < -0.4 is 5.32 Å². The number of rotatable bonds is 7. The van der Waals surface area contributed by atoms with E-state index in [-0.39, 0.29) is 29.9 Å². The van der Waals surface area contributed by atoms with Crippen molar-refractivity contribution < 1.29 is 4.52 Å². The van der Waals surface area contributed by atoms with E-state index in [9.17, 15) is 0 Å². The smallest absolute Gasteiger partial charge is 0.228 e. The van der Waals surface area contributed by atoms with Crippen LogP contribution in [0, 0.1) is 0 Å². The zero-order valence-electron chi connectivity index (χ0n) is 18.0. The summed E-state index contributed by atoms with van der Waals surface area (Å²) in [5, 5.41) is 8.22. The first-order valence-electron chi connectivity index (χ1n) is 10.4. The molecular weight excluding hydrogens is 515 g/mol. The third kappa shape index (κ3) is 7.39. The summed E-state index contributed by atoms with van der Waals surface area (Å²) in [5.41, 5.74) is 1.26. The molecule has 7 nitrogen and oxygen atoms in total. The van der Waals surface area contributed by atoms with Crippen molar-refractivity contribution in [3.8, 4) is 0 Å². The molecule has 1 aliphatic rings. The summed E-state index contributed by atoms with van der Waals surface area (Å²) in [5.74, 6) is 2.64. The second-order valence-corrected chi connectivity index (χ2v) is 8.02. The van der Waals surface area contributed by atoms with Crippen LogP contribution in [0.1, 0.15) is 44.0 Å². The van der Waals surface area contributed by atoms with Crippen LogP contribution in [0.4, 0.5) is 0 Å². The van der Waals surface area contributed by atoms with Crippen molar-refractivity contribution in [3.05, 3.63) is 46.6 Å². The van der Waals surface area contributed by atoms with E-state index in [0.717, 1.165) is 56.1 Å². The normalized spacial score (nSPS) is 15.4. The predicted molar refractivity (Wildman–Crippen MR) is 132 cm³/mol. The zero-order chi connectivity index (χ0) is 20.6. The highest BCUT2D eigenvalue weighted by Gasteiger charge is 2.20. The van der Waals surface area contributed by atoms with Gasteiger partial charge in [0, 0.05) is 56.6 Å². The van der Waals surface area contributed by atoms with Gasteiger partial charge in [-0.1, -0.05) is 42.7 Å². The van der Waals surface area contributed by atoms with Gasteiger partial charge in [0.15, 0.2) is 11.8 Å². The van der Waals surface area contributed by atoms with Crippen molar-refractivity contribution in [1.82, 2.24) is 25.3 Å². The van der Waals surface area contributed by atoms with Crippen molar-refractivity contribution in [1.29, 1.82) is 0 Å². The third-order valence-corrected chi connectivity index (χ3v) is 5.12. The molecule has 3 rings (SSSR count). The molecule has 1 aromatic heterocycles. The Kier molecular flexibility index (Phi) is 10.3. The number of benzene rings is 1. The molecule has 30 heavy (non-hydrogen) atoms. The van der Waals surface area contributed by atoms with Crippen LogP contribution in [0.2, 0.25) is 5.02 Å². The topological polar surface area (TPSA) is 69.8 Å². The Bertz CT molecular complexity index is 804. The molecule has 1 N–H and O–H groups in total. The van der Waals surface area contributed by atoms with Gasteiger partial charge in [-0.2, -0.15) is 4.98 Å². The number of hydrogen-bond donors (Lipinski definition) is 1. The first-order chi connectivity index (χ1) is 14.0. The molecule has 2 heterocycles. The maximum atomic E-state index is 6.11. The van der Waals surface area contributed by atoms with E-state index in [1.165, 1.54) is 5.56 Å². The van der Waals surface area contributed by atoms with E-state index in [2.05, 4.69) is 52.1 Å². The molecule has 1 aliphatic heterocycles. The van der Waals surface area contributed by atoms with Gasteiger partial charge in [-0.3, -0.25) is 9.89 Å². The lowest BCUT2D eigenvalue weighted by Gasteiger charge is -2.36. The number of piperazine rings is 1. The van der Waals surface area contributed by atoms with E-state index < -0.39 is 0 Å². The Hall–Kier alpha value is -1.39. The van der Waals surface area contributed by atoms with Gasteiger partial charge in [-0.05, 0) is 24.6 Å². The minimum atomic E-state index is 0. The fraction of sp³-hybridized carbons (Fsp3) is 0.571. The summed E-state index contributed by atoms with van der Waals surface area (Å²) in [6.07, 6.45) is 0.656. The Morgan fingerprint density at radius 2 is 2.03 bits per heavy atom. The number of guanidine groups is 1. The highest BCUT2D eigenvalue weighted by atomic mass is 127. The highest BCUT2D eigenvalue weighted by molar-refractivity contribution is 14.0.